The maximum Gasteiger partial charge on any atom is 0.326 e. The van der Waals surface area contributed by atoms with Gasteiger partial charge in [0, 0.05) is 13.1 Å². The first kappa shape index (κ1) is 15.8. The van der Waals surface area contributed by atoms with Crippen LogP contribution in [-0.2, 0) is 9.53 Å². The van der Waals surface area contributed by atoms with E-state index in [-0.39, 0.29) is 18.2 Å². The second-order valence-electron chi connectivity index (χ2n) is 6.25. The standard InChI is InChI=1S/C13H24N2O4/c1-8-6-15(7-9(2)19-8)12(18)14-10(11(16)17)13(3,4)5/h8-10H,6-7H2,1-5H3,(H,14,18)(H,16,17). The number of rotatable bonds is 2. The molecule has 2 N–H and O–H groups in total. The maximum absolute atomic E-state index is 12.1. The summed E-state index contributed by atoms with van der Waals surface area (Å²) in [7, 11) is 0. The molecule has 0 aromatic carbocycles. The van der Waals surface area contributed by atoms with Gasteiger partial charge in [-0.2, -0.15) is 0 Å². The molecule has 19 heavy (non-hydrogen) atoms. The van der Waals surface area contributed by atoms with E-state index in [9.17, 15) is 14.7 Å². The Kier molecular flexibility index (Phi) is 4.79. The molecule has 0 aromatic rings. The first-order chi connectivity index (χ1) is 8.61. The smallest absolute Gasteiger partial charge is 0.326 e. The highest BCUT2D eigenvalue weighted by Crippen LogP contribution is 2.20. The molecule has 1 fully saturated rings. The summed E-state index contributed by atoms with van der Waals surface area (Å²) in [6.07, 6.45) is -0.0696. The van der Waals surface area contributed by atoms with Crippen LogP contribution in [0.5, 0.6) is 0 Å². The maximum atomic E-state index is 12.1. The molecule has 0 spiro atoms. The number of nitrogens with one attached hydrogen (secondary N) is 1. The number of amides is 2. The zero-order valence-electron chi connectivity index (χ0n) is 12.3. The van der Waals surface area contributed by atoms with Gasteiger partial charge >= 0.3 is 12.0 Å². The summed E-state index contributed by atoms with van der Waals surface area (Å²) in [5, 5.41) is 11.8. The van der Waals surface area contributed by atoms with Crippen molar-refractivity contribution >= 4 is 12.0 Å². The van der Waals surface area contributed by atoms with E-state index < -0.39 is 17.4 Å². The van der Waals surface area contributed by atoms with Gasteiger partial charge in [0.1, 0.15) is 6.04 Å². The normalized spacial score (nSPS) is 25.8. The highest BCUT2D eigenvalue weighted by Gasteiger charge is 2.35. The number of urea groups is 1. The number of nitrogens with zero attached hydrogens (tertiary/aromatic N) is 1. The van der Waals surface area contributed by atoms with Crippen molar-refractivity contribution in [3.63, 3.8) is 0 Å². The number of hydrogen-bond donors (Lipinski definition) is 2. The minimum atomic E-state index is -1.02. The molecule has 0 bridgehead atoms. The molecule has 2 amide bonds. The summed E-state index contributed by atoms with van der Waals surface area (Å²) >= 11 is 0. The average Bonchev–Trinajstić information content (AvgIpc) is 2.21. The lowest BCUT2D eigenvalue weighted by Gasteiger charge is -2.37. The van der Waals surface area contributed by atoms with Gasteiger partial charge in [-0.25, -0.2) is 9.59 Å². The van der Waals surface area contributed by atoms with Gasteiger partial charge in [0.05, 0.1) is 12.2 Å². The Morgan fingerprint density at radius 1 is 1.26 bits per heavy atom. The van der Waals surface area contributed by atoms with Gasteiger partial charge in [0.25, 0.3) is 0 Å². The Morgan fingerprint density at radius 3 is 2.11 bits per heavy atom. The molecule has 0 aromatic heterocycles. The van der Waals surface area contributed by atoms with Gasteiger partial charge < -0.3 is 20.1 Å². The number of carboxylic acid groups (broad SMARTS) is 1. The van der Waals surface area contributed by atoms with E-state index in [4.69, 9.17) is 4.74 Å². The number of aliphatic carboxylic acids is 1. The summed E-state index contributed by atoms with van der Waals surface area (Å²) < 4.78 is 5.55. The Bertz CT molecular complexity index is 341. The van der Waals surface area contributed by atoms with Gasteiger partial charge in [-0.3, -0.25) is 0 Å². The number of carboxylic acids is 1. The molecule has 0 radical (unpaired) electrons. The van der Waals surface area contributed by atoms with Crippen LogP contribution >= 0.6 is 0 Å². The van der Waals surface area contributed by atoms with Crippen LogP contribution in [-0.4, -0.2) is 53.3 Å². The van der Waals surface area contributed by atoms with Crippen LogP contribution in [0.3, 0.4) is 0 Å². The van der Waals surface area contributed by atoms with Crippen molar-refractivity contribution < 1.29 is 19.4 Å². The number of carbonyl (C=O) groups is 2. The van der Waals surface area contributed by atoms with Crippen LogP contribution in [0, 0.1) is 5.41 Å². The zero-order valence-corrected chi connectivity index (χ0v) is 12.3. The molecule has 6 heteroatoms. The number of ether oxygens (including phenoxy) is 1. The Morgan fingerprint density at radius 2 is 1.74 bits per heavy atom. The molecule has 1 heterocycles. The van der Waals surface area contributed by atoms with Gasteiger partial charge in [0.2, 0.25) is 0 Å². The third kappa shape index (κ3) is 4.38. The summed E-state index contributed by atoms with van der Waals surface area (Å²) in [6.45, 7) is 10.1. The summed E-state index contributed by atoms with van der Waals surface area (Å²) in [5.74, 6) is -1.02. The summed E-state index contributed by atoms with van der Waals surface area (Å²) in [6, 6.07) is -1.25. The predicted molar refractivity (Wildman–Crippen MR) is 71.0 cm³/mol. The van der Waals surface area contributed by atoms with E-state index in [1.54, 1.807) is 25.7 Å². The topological polar surface area (TPSA) is 78.9 Å². The lowest BCUT2D eigenvalue weighted by molar-refractivity contribution is -0.142. The average molecular weight is 272 g/mol. The molecule has 1 rings (SSSR count). The highest BCUT2D eigenvalue weighted by molar-refractivity contribution is 5.83. The second kappa shape index (κ2) is 5.77. The van der Waals surface area contributed by atoms with E-state index in [1.807, 2.05) is 13.8 Å². The fourth-order valence-electron chi connectivity index (χ4n) is 2.21. The van der Waals surface area contributed by atoms with Crippen molar-refractivity contribution in [3.8, 4) is 0 Å². The Labute approximate surface area is 114 Å². The summed E-state index contributed by atoms with van der Waals surface area (Å²) in [4.78, 5) is 25.0. The predicted octanol–water partition coefficient (Wildman–Crippen LogP) is 1.30. The molecule has 3 atom stereocenters. The largest absolute Gasteiger partial charge is 0.480 e. The molecule has 6 nitrogen and oxygen atoms in total. The van der Waals surface area contributed by atoms with Crippen LogP contribution < -0.4 is 5.32 Å². The van der Waals surface area contributed by atoms with Crippen molar-refractivity contribution in [2.45, 2.75) is 52.9 Å². The van der Waals surface area contributed by atoms with Crippen LogP contribution in [0.4, 0.5) is 4.79 Å². The second-order valence-corrected chi connectivity index (χ2v) is 6.25. The molecular formula is C13H24N2O4. The molecule has 3 unspecified atom stereocenters. The van der Waals surface area contributed by atoms with E-state index in [2.05, 4.69) is 5.32 Å². The van der Waals surface area contributed by atoms with Gasteiger partial charge in [0.15, 0.2) is 0 Å². The van der Waals surface area contributed by atoms with Gasteiger partial charge in [-0.1, -0.05) is 20.8 Å². The van der Waals surface area contributed by atoms with Crippen molar-refractivity contribution in [3.05, 3.63) is 0 Å². The molecule has 0 saturated carbocycles. The van der Waals surface area contributed by atoms with Crippen LogP contribution in [0.1, 0.15) is 34.6 Å². The summed E-state index contributed by atoms with van der Waals surface area (Å²) in [5.41, 5.74) is -0.537. The van der Waals surface area contributed by atoms with E-state index >= 15 is 0 Å². The third-order valence-corrected chi connectivity index (χ3v) is 3.09. The van der Waals surface area contributed by atoms with Crippen LogP contribution in [0.2, 0.25) is 0 Å². The third-order valence-electron chi connectivity index (χ3n) is 3.09. The Balaban J connectivity index is 2.69. The highest BCUT2D eigenvalue weighted by atomic mass is 16.5. The number of morpholine rings is 1. The first-order valence-electron chi connectivity index (χ1n) is 6.55. The molecule has 110 valence electrons. The van der Waals surface area contributed by atoms with E-state index in [0.29, 0.717) is 13.1 Å². The van der Waals surface area contributed by atoms with Gasteiger partial charge in [-0.05, 0) is 19.3 Å². The quantitative estimate of drug-likeness (QED) is 0.794. The van der Waals surface area contributed by atoms with Gasteiger partial charge in [-0.15, -0.1) is 0 Å². The number of hydrogen-bond acceptors (Lipinski definition) is 3. The fourth-order valence-corrected chi connectivity index (χ4v) is 2.21. The molecule has 1 saturated heterocycles. The van der Waals surface area contributed by atoms with Crippen molar-refractivity contribution in [1.29, 1.82) is 0 Å². The van der Waals surface area contributed by atoms with Crippen molar-refractivity contribution in [2.24, 2.45) is 5.41 Å². The van der Waals surface area contributed by atoms with Crippen molar-refractivity contribution in [1.82, 2.24) is 10.2 Å². The number of carbonyl (C=O) groups excluding carboxylic acids is 1. The van der Waals surface area contributed by atoms with E-state index in [0.717, 1.165) is 0 Å². The molecule has 1 aliphatic rings. The molecular weight excluding hydrogens is 248 g/mol. The molecule has 1 aliphatic heterocycles. The van der Waals surface area contributed by atoms with E-state index in [1.165, 1.54) is 0 Å². The lowest BCUT2D eigenvalue weighted by atomic mass is 9.87. The Hall–Kier alpha value is -1.30. The lowest BCUT2D eigenvalue weighted by Crippen LogP contribution is -2.57. The monoisotopic (exact) mass is 272 g/mol. The van der Waals surface area contributed by atoms with Crippen LogP contribution in [0.15, 0.2) is 0 Å². The van der Waals surface area contributed by atoms with Crippen molar-refractivity contribution in [2.75, 3.05) is 13.1 Å². The molecule has 0 aliphatic carbocycles. The SMILES string of the molecule is CC1CN(C(=O)NC(C(=O)O)C(C)(C)C)CC(C)O1. The fraction of sp³-hybridized carbons (Fsp3) is 0.846. The minimum Gasteiger partial charge on any atom is -0.480 e. The minimum absolute atomic E-state index is 0.0348. The zero-order chi connectivity index (χ0) is 14.8. The van der Waals surface area contributed by atoms with Crippen LogP contribution in [0.25, 0.3) is 0 Å². The first-order valence-corrected chi connectivity index (χ1v) is 6.55.